The Bertz CT molecular complexity index is 429. The Morgan fingerprint density at radius 2 is 1.85 bits per heavy atom. The number of aryl methyl sites for hydroxylation is 1. The largest absolute Gasteiger partial charge is 0.368 e. The van der Waals surface area contributed by atoms with Crippen LogP contribution in [0.4, 0.5) is 5.69 Å². The Morgan fingerprint density at radius 1 is 1.00 bits per heavy atom. The highest BCUT2D eigenvalue weighted by Gasteiger charge is 2.29. The second-order valence-corrected chi connectivity index (χ2v) is 6.48. The lowest BCUT2D eigenvalue weighted by Crippen LogP contribution is -2.43. The van der Waals surface area contributed by atoms with Crippen LogP contribution in [0.1, 0.15) is 50.5 Å². The Morgan fingerprint density at radius 3 is 2.75 bits per heavy atom. The molecule has 1 saturated carbocycles. The number of fused-ring (bicyclic) bond motifs is 1. The van der Waals surface area contributed by atoms with Gasteiger partial charge in [0, 0.05) is 18.3 Å². The van der Waals surface area contributed by atoms with Gasteiger partial charge in [0.2, 0.25) is 0 Å². The Balaban J connectivity index is 1.90. The Hall–Kier alpha value is -1.02. The molecule has 0 aromatic heterocycles. The van der Waals surface area contributed by atoms with Crippen LogP contribution in [0.3, 0.4) is 0 Å². The Kier molecular flexibility index (Phi) is 4.62. The molecule has 2 heteroatoms. The number of hydrogen-bond donors (Lipinski definition) is 1. The fourth-order valence-corrected chi connectivity index (χ4v) is 4.12. The minimum absolute atomic E-state index is 0.668. The summed E-state index contributed by atoms with van der Waals surface area (Å²) in [4.78, 5) is 2.71. The van der Waals surface area contributed by atoms with Crippen molar-refractivity contribution in [1.29, 1.82) is 0 Å². The van der Waals surface area contributed by atoms with E-state index in [9.17, 15) is 0 Å². The summed E-state index contributed by atoms with van der Waals surface area (Å²) >= 11 is 0. The van der Waals surface area contributed by atoms with Crippen molar-refractivity contribution in [3.63, 3.8) is 0 Å². The van der Waals surface area contributed by atoms with E-state index in [2.05, 4.69) is 29.2 Å². The molecule has 2 aliphatic rings. The van der Waals surface area contributed by atoms with Gasteiger partial charge < -0.3 is 10.6 Å². The molecule has 20 heavy (non-hydrogen) atoms. The van der Waals surface area contributed by atoms with Gasteiger partial charge in [-0.05, 0) is 56.2 Å². The monoisotopic (exact) mass is 272 g/mol. The molecule has 1 fully saturated rings. The van der Waals surface area contributed by atoms with Gasteiger partial charge in [0.15, 0.2) is 0 Å². The number of benzene rings is 1. The second kappa shape index (κ2) is 6.62. The predicted molar refractivity (Wildman–Crippen MR) is 86.1 cm³/mol. The maximum Gasteiger partial charge on any atom is 0.0401 e. The normalized spacial score (nSPS) is 27.6. The average molecular weight is 272 g/mol. The van der Waals surface area contributed by atoms with E-state index in [1.54, 1.807) is 5.56 Å². The summed E-state index contributed by atoms with van der Waals surface area (Å²) in [7, 11) is 0. The van der Waals surface area contributed by atoms with Gasteiger partial charge in [0.05, 0.1) is 0 Å². The van der Waals surface area contributed by atoms with Gasteiger partial charge in [0.1, 0.15) is 0 Å². The summed E-state index contributed by atoms with van der Waals surface area (Å²) < 4.78 is 0. The van der Waals surface area contributed by atoms with E-state index in [0.29, 0.717) is 12.0 Å². The quantitative estimate of drug-likeness (QED) is 0.831. The molecule has 0 bridgehead atoms. The molecule has 0 saturated heterocycles. The van der Waals surface area contributed by atoms with Crippen molar-refractivity contribution in [1.82, 2.24) is 0 Å². The number of hydrogen-bond acceptors (Lipinski definition) is 2. The zero-order chi connectivity index (χ0) is 13.8. The van der Waals surface area contributed by atoms with Crippen molar-refractivity contribution in [2.24, 2.45) is 11.7 Å². The lowest BCUT2D eigenvalue weighted by atomic mass is 9.92. The van der Waals surface area contributed by atoms with Crippen LogP contribution in [0.15, 0.2) is 24.3 Å². The predicted octanol–water partition coefficient (Wildman–Crippen LogP) is 3.74. The zero-order valence-electron chi connectivity index (χ0n) is 12.6. The summed E-state index contributed by atoms with van der Waals surface area (Å²) in [5, 5.41) is 0. The van der Waals surface area contributed by atoms with Crippen LogP contribution in [0.25, 0.3) is 0 Å². The third-order valence-corrected chi connectivity index (χ3v) is 5.22. The number of anilines is 1. The smallest absolute Gasteiger partial charge is 0.0401 e. The van der Waals surface area contributed by atoms with Gasteiger partial charge in [0.25, 0.3) is 0 Å². The third-order valence-electron chi connectivity index (χ3n) is 5.22. The number of para-hydroxylation sites is 1. The number of rotatable bonds is 2. The molecule has 0 amide bonds. The SMILES string of the molecule is NCC1CCCCCC1N1CCCCc2ccccc21. The van der Waals surface area contributed by atoms with E-state index in [4.69, 9.17) is 5.73 Å². The molecule has 2 atom stereocenters. The van der Waals surface area contributed by atoms with Gasteiger partial charge >= 0.3 is 0 Å². The van der Waals surface area contributed by atoms with E-state index < -0.39 is 0 Å². The van der Waals surface area contributed by atoms with Crippen LogP contribution < -0.4 is 10.6 Å². The van der Waals surface area contributed by atoms with Crippen LogP contribution in [0.5, 0.6) is 0 Å². The van der Waals surface area contributed by atoms with Crippen molar-refractivity contribution in [2.75, 3.05) is 18.0 Å². The summed E-state index contributed by atoms with van der Waals surface area (Å²) in [6.45, 7) is 2.07. The molecule has 2 unspecified atom stereocenters. The van der Waals surface area contributed by atoms with Gasteiger partial charge in [-0.1, -0.05) is 37.5 Å². The molecule has 3 rings (SSSR count). The molecule has 1 aliphatic heterocycles. The van der Waals surface area contributed by atoms with Crippen molar-refractivity contribution in [2.45, 2.75) is 57.4 Å². The summed E-state index contributed by atoms with van der Waals surface area (Å²) in [6.07, 6.45) is 10.7. The molecule has 0 radical (unpaired) electrons. The van der Waals surface area contributed by atoms with E-state index >= 15 is 0 Å². The van der Waals surface area contributed by atoms with E-state index in [-0.39, 0.29) is 0 Å². The highest BCUT2D eigenvalue weighted by atomic mass is 15.2. The first-order valence-electron chi connectivity index (χ1n) is 8.45. The minimum atomic E-state index is 0.668. The molecule has 2 N–H and O–H groups in total. The maximum absolute atomic E-state index is 6.10. The molecule has 2 nitrogen and oxygen atoms in total. The van der Waals surface area contributed by atoms with Crippen molar-refractivity contribution < 1.29 is 0 Å². The molecule has 1 aromatic carbocycles. The summed E-state index contributed by atoms with van der Waals surface area (Å²) in [5.74, 6) is 0.684. The van der Waals surface area contributed by atoms with E-state index in [0.717, 1.165) is 6.54 Å². The lowest BCUT2D eigenvalue weighted by molar-refractivity contribution is 0.381. The maximum atomic E-state index is 6.10. The molecule has 110 valence electrons. The van der Waals surface area contributed by atoms with Gasteiger partial charge in [-0.2, -0.15) is 0 Å². The minimum Gasteiger partial charge on any atom is -0.368 e. The fourth-order valence-electron chi connectivity index (χ4n) is 4.12. The first-order chi connectivity index (χ1) is 9.90. The van der Waals surface area contributed by atoms with Crippen LogP contribution in [0.2, 0.25) is 0 Å². The van der Waals surface area contributed by atoms with Crippen LogP contribution >= 0.6 is 0 Å². The van der Waals surface area contributed by atoms with E-state index in [1.165, 1.54) is 63.6 Å². The van der Waals surface area contributed by atoms with E-state index in [1.807, 2.05) is 0 Å². The average Bonchev–Trinajstić information content (AvgIpc) is 2.84. The van der Waals surface area contributed by atoms with Crippen molar-refractivity contribution in [3.05, 3.63) is 29.8 Å². The summed E-state index contributed by atoms with van der Waals surface area (Å²) in [5.41, 5.74) is 9.14. The Labute approximate surface area is 123 Å². The van der Waals surface area contributed by atoms with Crippen molar-refractivity contribution in [3.8, 4) is 0 Å². The molecule has 1 aromatic rings. The third kappa shape index (κ3) is 2.85. The van der Waals surface area contributed by atoms with Gasteiger partial charge in [-0.15, -0.1) is 0 Å². The molecule has 1 heterocycles. The number of nitrogens with two attached hydrogens (primary N) is 1. The van der Waals surface area contributed by atoms with Gasteiger partial charge in [-0.3, -0.25) is 0 Å². The first kappa shape index (κ1) is 13.9. The first-order valence-corrected chi connectivity index (χ1v) is 8.45. The topological polar surface area (TPSA) is 29.3 Å². The van der Waals surface area contributed by atoms with Crippen LogP contribution in [-0.2, 0) is 6.42 Å². The molecule has 1 aliphatic carbocycles. The second-order valence-electron chi connectivity index (χ2n) is 6.48. The molecular weight excluding hydrogens is 244 g/mol. The molecule has 0 spiro atoms. The standard InChI is InChI=1S/C18H28N2/c19-14-16-10-2-1-3-11-18(16)20-13-7-6-9-15-8-4-5-12-17(15)20/h4-5,8,12,16,18H,1-3,6-7,9-11,13-14,19H2. The highest BCUT2D eigenvalue weighted by molar-refractivity contribution is 5.55. The molecular formula is C18H28N2. The number of nitrogens with zero attached hydrogens (tertiary/aromatic N) is 1. The zero-order valence-corrected chi connectivity index (χ0v) is 12.6. The van der Waals surface area contributed by atoms with Crippen LogP contribution in [0, 0.1) is 5.92 Å². The fraction of sp³-hybridized carbons (Fsp3) is 0.667. The van der Waals surface area contributed by atoms with Crippen molar-refractivity contribution >= 4 is 5.69 Å². The van der Waals surface area contributed by atoms with Gasteiger partial charge in [-0.25, -0.2) is 0 Å². The lowest BCUT2D eigenvalue weighted by Gasteiger charge is -2.38. The van der Waals surface area contributed by atoms with Crippen LogP contribution in [-0.4, -0.2) is 19.1 Å². The summed E-state index contributed by atoms with van der Waals surface area (Å²) in [6, 6.07) is 9.71. The highest BCUT2D eigenvalue weighted by Crippen LogP contribution is 2.34.